The molecule has 0 radical (unpaired) electrons. The Morgan fingerprint density at radius 2 is 1.64 bits per heavy atom. The molecule has 0 bridgehead atoms. The van der Waals surface area contributed by atoms with Crippen LogP contribution in [0.25, 0.3) is 0 Å². The number of hydrogen-bond donors (Lipinski definition) is 0. The summed E-state index contributed by atoms with van der Waals surface area (Å²) in [6.07, 6.45) is 2.63. The van der Waals surface area contributed by atoms with Crippen LogP contribution in [0.1, 0.15) is 18.1 Å². The number of hydrogen-bond acceptors (Lipinski definition) is 4. The Kier molecular flexibility index (Phi) is 6.39. The maximum absolute atomic E-state index is 12.4. The van der Waals surface area contributed by atoms with E-state index in [0.717, 1.165) is 17.7 Å². The van der Waals surface area contributed by atoms with E-state index in [0.29, 0.717) is 5.02 Å². The van der Waals surface area contributed by atoms with E-state index in [-0.39, 0.29) is 15.7 Å². The average Bonchev–Trinajstić information content (AvgIpc) is 2.69. The summed E-state index contributed by atoms with van der Waals surface area (Å²) in [7, 11) is -4.00. The lowest BCUT2D eigenvalue weighted by Gasteiger charge is -2.09. The summed E-state index contributed by atoms with van der Waals surface area (Å²) in [6.45, 7) is 2.09. The molecule has 0 atom stereocenters. The van der Waals surface area contributed by atoms with Crippen molar-refractivity contribution in [1.29, 1.82) is 0 Å². The third kappa shape index (κ3) is 5.13. The molecule has 144 valence electrons. The average molecular weight is 434 g/mol. The molecule has 3 aromatic carbocycles. The first-order valence-corrected chi connectivity index (χ1v) is 10.7. The van der Waals surface area contributed by atoms with E-state index < -0.39 is 10.1 Å². The number of benzene rings is 3. The second kappa shape index (κ2) is 8.78. The molecule has 0 aliphatic carbocycles. The molecule has 0 unspecified atom stereocenters. The first-order valence-electron chi connectivity index (χ1n) is 8.50. The van der Waals surface area contributed by atoms with E-state index in [4.69, 9.17) is 27.4 Å². The van der Waals surface area contributed by atoms with E-state index in [2.05, 4.69) is 11.9 Å². The van der Waals surface area contributed by atoms with Crippen molar-refractivity contribution in [1.82, 2.24) is 0 Å². The lowest BCUT2D eigenvalue weighted by atomic mass is 10.1. The van der Waals surface area contributed by atoms with E-state index in [1.165, 1.54) is 35.9 Å². The summed E-state index contributed by atoms with van der Waals surface area (Å²) in [5.74, 6) is 0.0427. The zero-order valence-corrected chi connectivity index (χ0v) is 17.3. The van der Waals surface area contributed by atoms with Gasteiger partial charge in [-0.2, -0.15) is 8.42 Å². The third-order valence-corrected chi connectivity index (χ3v) is 5.76. The lowest BCUT2D eigenvalue weighted by molar-refractivity contribution is 0.486. The van der Waals surface area contributed by atoms with Crippen molar-refractivity contribution >= 4 is 45.2 Å². The van der Waals surface area contributed by atoms with E-state index >= 15 is 0 Å². The van der Waals surface area contributed by atoms with E-state index in [9.17, 15) is 8.42 Å². The summed E-state index contributed by atoms with van der Waals surface area (Å²) >= 11 is 12.0. The van der Waals surface area contributed by atoms with Crippen LogP contribution in [0.15, 0.2) is 76.6 Å². The number of nitrogens with zero attached hydrogens (tertiary/aromatic N) is 1. The lowest BCUT2D eigenvalue weighted by Crippen LogP contribution is -2.10. The van der Waals surface area contributed by atoms with Crippen LogP contribution >= 0.6 is 23.2 Å². The normalized spacial score (nSPS) is 11.7. The van der Waals surface area contributed by atoms with Gasteiger partial charge in [-0.3, -0.25) is 4.99 Å². The van der Waals surface area contributed by atoms with Crippen molar-refractivity contribution in [2.75, 3.05) is 0 Å². The van der Waals surface area contributed by atoms with Gasteiger partial charge < -0.3 is 4.18 Å². The van der Waals surface area contributed by atoms with Crippen LogP contribution in [-0.4, -0.2) is 14.6 Å². The Bertz CT molecular complexity index is 1090. The van der Waals surface area contributed by atoms with Crippen molar-refractivity contribution in [2.45, 2.75) is 18.2 Å². The van der Waals surface area contributed by atoms with Gasteiger partial charge in [-0.1, -0.05) is 42.3 Å². The third-order valence-electron chi connectivity index (χ3n) is 3.97. The molecule has 0 fully saturated rings. The molecule has 28 heavy (non-hydrogen) atoms. The zero-order chi connectivity index (χ0) is 20.1. The Labute approximate surface area is 174 Å². The molecule has 3 aromatic rings. The van der Waals surface area contributed by atoms with Crippen LogP contribution < -0.4 is 4.18 Å². The molecule has 0 aliphatic rings. The second-order valence-electron chi connectivity index (χ2n) is 5.96. The van der Waals surface area contributed by atoms with Crippen LogP contribution in [0.5, 0.6) is 5.75 Å². The summed E-state index contributed by atoms with van der Waals surface area (Å²) < 4.78 is 29.9. The highest BCUT2D eigenvalue weighted by molar-refractivity contribution is 7.87. The fraction of sp³-hybridized carbons (Fsp3) is 0.0952. The molecular formula is C21H17Cl2NO3S. The van der Waals surface area contributed by atoms with Gasteiger partial charge in [-0.25, -0.2) is 0 Å². The molecule has 0 heterocycles. The number of aryl methyl sites for hydroxylation is 1. The second-order valence-corrected chi connectivity index (χ2v) is 8.35. The van der Waals surface area contributed by atoms with Gasteiger partial charge in [0.1, 0.15) is 4.90 Å². The van der Waals surface area contributed by atoms with E-state index in [1.807, 2.05) is 24.3 Å². The molecule has 4 nitrogen and oxygen atoms in total. The van der Waals surface area contributed by atoms with E-state index in [1.54, 1.807) is 18.3 Å². The summed E-state index contributed by atoms with van der Waals surface area (Å²) in [5.41, 5.74) is 2.78. The van der Waals surface area contributed by atoms with Gasteiger partial charge in [0, 0.05) is 11.2 Å². The van der Waals surface area contributed by atoms with Gasteiger partial charge >= 0.3 is 10.1 Å². The van der Waals surface area contributed by atoms with Crippen molar-refractivity contribution in [2.24, 2.45) is 4.99 Å². The Morgan fingerprint density at radius 1 is 0.964 bits per heavy atom. The number of rotatable bonds is 6. The van der Waals surface area contributed by atoms with Crippen molar-refractivity contribution < 1.29 is 12.6 Å². The van der Waals surface area contributed by atoms with Gasteiger partial charge in [-0.05, 0) is 72.1 Å². The molecule has 0 amide bonds. The maximum Gasteiger partial charge on any atom is 0.339 e. The molecule has 0 aromatic heterocycles. The highest BCUT2D eigenvalue weighted by Gasteiger charge is 2.18. The molecule has 0 aliphatic heterocycles. The summed E-state index contributed by atoms with van der Waals surface area (Å²) in [5, 5.41) is 0.604. The molecule has 0 saturated carbocycles. The van der Waals surface area contributed by atoms with Gasteiger partial charge in [0.15, 0.2) is 5.75 Å². The standard InChI is InChI=1S/C21H17Cl2NO3S/c1-2-15-3-8-18(9-4-15)24-14-16-5-12-21(20(23)13-16)27-28(25,26)19-10-6-17(22)7-11-19/h3-14H,2H2,1H3. The minimum atomic E-state index is -4.00. The monoisotopic (exact) mass is 433 g/mol. The number of aliphatic imine (C=N–C) groups is 1. The van der Waals surface area contributed by atoms with Crippen LogP contribution in [0, 0.1) is 0 Å². The minimum Gasteiger partial charge on any atom is -0.377 e. The van der Waals surface area contributed by atoms with Gasteiger partial charge in [0.2, 0.25) is 0 Å². The molecule has 7 heteroatoms. The summed E-state index contributed by atoms with van der Waals surface area (Å²) in [4.78, 5) is 4.39. The molecule has 0 N–H and O–H groups in total. The Hall–Kier alpha value is -2.34. The van der Waals surface area contributed by atoms with Crippen LogP contribution in [0.2, 0.25) is 10.0 Å². The van der Waals surface area contributed by atoms with Crippen molar-refractivity contribution in [3.63, 3.8) is 0 Å². The predicted molar refractivity (Wildman–Crippen MR) is 114 cm³/mol. The highest BCUT2D eigenvalue weighted by Crippen LogP contribution is 2.28. The smallest absolute Gasteiger partial charge is 0.339 e. The first-order chi connectivity index (χ1) is 13.4. The van der Waals surface area contributed by atoms with Crippen LogP contribution in [0.3, 0.4) is 0 Å². The largest absolute Gasteiger partial charge is 0.377 e. The molecule has 0 spiro atoms. The fourth-order valence-electron chi connectivity index (χ4n) is 2.40. The van der Waals surface area contributed by atoms with Crippen molar-refractivity contribution in [3.8, 4) is 5.75 Å². The molecular weight excluding hydrogens is 417 g/mol. The molecule has 0 saturated heterocycles. The van der Waals surface area contributed by atoms with Gasteiger partial charge in [0.25, 0.3) is 0 Å². The Morgan fingerprint density at radius 3 is 2.25 bits per heavy atom. The van der Waals surface area contributed by atoms with Crippen LogP contribution in [0.4, 0.5) is 5.69 Å². The van der Waals surface area contributed by atoms with Crippen LogP contribution in [-0.2, 0) is 16.5 Å². The number of halogens is 2. The molecule has 3 rings (SSSR count). The predicted octanol–water partition coefficient (Wildman–Crippen LogP) is 6.07. The minimum absolute atomic E-state index is 0.00543. The maximum atomic E-state index is 12.4. The fourth-order valence-corrected chi connectivity index (χ4v) is 3.75. The van der Waals surface area contributed by atoms with Crippen molar-refractivity contribution in [3.05, 3.63) is 87.9 Å². The first kappa shape index (κ1) is 20.4. The quantitative estimate of drug-likeness (QED) is 0.349. The summed E-state index contributed by atoms with van der Waals surface area (Å²) in [6, 6.07) is 18.4. The van der Waals surface area contributed by atoms with Gasteiger partial charge in [-0.15, -0.1) is 0 Å². The van der Waals surface area contributed by atoms with Gasteiger partial charge in [0.05, 0.1) is 10.7 Å². The Balaban J connectivity index is 1.76. The SMILES string of the molecule is CCc1ccc(N=Cc2ccc(OS(=O)(=O)c3ccc(Cl)cc3)c(Cl)c2)cc1. The zero-order valence-electron chi connectivity index (χ0n) is 15.0. The topological polar surface area (TPSA) is 55.7 Å². The highest BCUT2D eigenvalue weighted by atomic mass is 35.5.